The Morgan fingerprint density at radius 1 is 0.735 bits per heavy atom. The van der Waals surface area contributed by atoms with Crippen LogP contribution in [0.2, 0.25) is 0 Å². The molecule has 0 bridgehead atoms. The molecule has 0 unspecified atom stereocenters. The van der Waals surface area contributed by atoms with Crippen molar-refractivity contribution in [1.29, 1.82) is 0 Å². The molecule has 0 heterocycles. The Balaban J connectivity index is 2.17. The normalized spacial score (nSPS) is 10.8. The highest BCUT2D eigenvalue weighted by Gasteiger charge is 2.50. The van der Waals surface area contributed by atoms with Crippen molar-refractivity contribution < 1.29 is 38.1 Å². The lowest BCUT2D eigenvalue weighted by molar-refractivity contribution is -0.167. The third kappa shape index (κ3) is 6.66. The van der Waals surface area contributed by atoms with Gasteiger partial charge in [0.15, 0.2) is 5.41 Å². The molecule has 182 valence electrons. The van der Waals surface area contributed by atoms with Crippen molar-refractivity contribution in [2.75, 3.05) is 26.4 Å². The van der Waals surface area contributed by atoms with Crippen LogP contribution in [0.1, 0.15) is 48.7 Å². The number of ether oxygens (including phenoxy) is 4. The smallest absolute Gasteiger partial charge is 0.338 e. The van der Waals surface area contributed by atoms with E-state index in [9.17, 15) is 19.2 Å². The number of hydrogen-bond acceptors (Lipinski definition) is 8. The average Bonchev–Trinajstić information content (AvgIpc) is 2.83. The zero-order chi connectivity index (χ0) is 25.0. The Kier molecular flexibility index (Phi) is 10.3. The van der Waals surface area contributed by atoms with Crippen molar-refractivity contribution in [3.05, 3.63) is 71.3 Å². The molecule has 0 spiro atoms. The second-order valence-corrected chi connectivity index (χ2v) is 7.28. The molecule has 0 aromatic heterocycles. The topological polar surface area (TPSA) is 105 Å². The molecule has 8 heteroatoms. The van der Waals surface area contributed by atoms with Crippen molar-refractivity contribution >= 4 is 23.9 Å². The van der Waals surface area contributed by atoms with E-state index >= 15 is 0 Å². The van der Waals surface area contributed by atoms with Crippen LogP contribution < -0.4 is 0 Å². The van der Waals surface area contributed by atoms with Crippen molar-refractivity contribution in [3.8, 4) is 0 Å². The maximum absolute atomic E-state index is 13.0. The van der Waals surface area contributed by atoms with Crippen LogP contribution in [0.25, 0.3) is 0 Å². The number of hydrogen-bond donors (Lipinski definition) is 0. The summed E-state index contributed by atoms with van der Waals surface area (Å²) in [6.07, 6.45) is -0.242. The predicted octanol–water partition coefficient (Wildman–Crippen LogP) is 3.40. The Hall–Kier alpha value is -3.68. The van der Waals surface area contributed by atoms with Gasteiger partial charge in [-0.15, -0.1) is 0 Å². The molecule has 0 fully saturated rings. The summed E-state index contributed by atoms with van der Waals surface area (Å²) in [7, 11) is 0. The molecule has 2 aromatic rings. The largest absolute Gasteiger partial charge is 0.465 e. The van der Waals surface area contributed by atoms with Crippen LogP contribution in [0.3, 0.4) is 0 Å². The van der Waals surface area contributed by atoms with Crippen LogP contribution in [-0.4, -0.2) is 50.3 Å². The third-order valence-corrected chi connectivity index (χ3v) is 5.04. The van der Waals surface area contributed by atoms with Gasteiger partial charge in [-0.3, -0.25) is 14.4 Å². The van der Waals surface area contributed by atoms with E-state index in [1.54, 1.807) is 75.4 Å². The number of rotatable bonds is 12. The number of benzene rings is 2. The lowest BCUT2D eigenvalue weighted by Crippen LogP contribution is -2.47. The van der Waals surface area contributed by atoms with E-state index in [0.29, 0.717) is 16.7 Å². The highest BCUT2D eigenvalue weighted by Crippen LogP contribution is 2.32. The summed E-state index contributed by atoms with van der Waals surface area (Å²) >= 11 is 0. The first-order chi connectivity index (χ1) is 16.4. The second kappa shape index (κ2) is 13.1. The van der Waals surface area contributed by atoms with Crippen molar-refractivity contribution in [2.45, 2.75) is 39.0 Å². The summed E-state index contributed by atoms with van der Waals surface area (Å²) in [5, 5.41) is 0. The molecule has 0 aliphatic rings. The van der Waals surface area contributed by atoms with E-state index < -0.39 is 29.3 Å². The maximum Gasteiger partial charge on any atom is 0.338 e. The second-order valence-electron chi connectivity index (χ2n) is 7.28. The van der Waals surface area contributed by atoms with Crippen molar-refractivity contribution in [3.63, 3.8) is 0 Å². The molecule has 0 amide bonds. The average molecular weight is 471 g/mol. The van der Waals surface area contributed by atoms with Crippen molar-refractivity contribution in [1.82, 2.24) is 0 Å². The van der Waals surface area contributed by atoms with Crippen LogP contribution in [0.15, 0.2) is 54.6 Å². The van der Waals surface area contributed by atoms with Gasteiger partial charge in [-0.05, 0) is 44.0 Å². The summed E-state index contributed by atoms with van der Waals surface area (Å²) in [6, 6.07) is 14.9. The first-order valence-corrected chi connectivity index (χ1v) is 11.2. The van der Waals surface area contributed by atoms with Gasteiger partial charge in [0.2, 0.25) is 0 Å². The zero-order valence-electron chi connectivity index (χ0n) is 19.7. The Labute approximate surface area is 199 Å². The Bertz CT molecular complexity index is 965. The third-order valence-electron chi connectivity index (χ3n) is 5.04. The maximum atomic E-state index is 13.0. The molecule has 0 saturated heterocycles. The molecular formula is C26H30O8. The molecule has 0 aliphatic carbocycles. The summed E-state index contributed by atoms with van der Waals surface area (Å²) in [5.41, 5.74) is -0.470. The first-order valence-electron chi connectivity index (χ1n) is 11.2. The molecule has 0 saturated carbocycles. The van der Waals surface area contributed by atoms with E-state index in [-0.39, 0.29) is 39.3 Å². The van der Waals surface area contributed by atoms with Gasteiger partial charge in [-0.25, -0.2) is 4.79 Å². The Morgan fingerprint density at radius 2 is 1.35 bits per heavy atom. The van der Waals surface area contributed by atoms with Gasteiger partial charge in [0.05, 0.1) is 38.4 Å². The monoisotopic (exact) mass is 470 g/mol. The first kappa shape index (κ1) is 26.6. The predicted molar refractivity (Wildman–Crippen MR) is 123 cm³/mol. The van der Waals surface area contributed by atoms with E-state index in [2.05, 4.69) is 0 Å². The van der Waals surface area contributed by atoms with Gasteiger partial charge in [-0.1, -0.05) is 42.5 Å². The van der Waals surface area contributed by atoms with Crippen LogP contribution in [0, 0.1) is 0 Å². The van der Waals surface area contributed by atoms with Gasteiger partial charge >= 0.3 is 23.9 Å². The molecule has 0 N–H and O–H groups in total. The summed E-state index contributed by atoms with van der Waals surface area (Å²) in [5.74, 6) is -2.58. The molecule has 34 heavy (non-hydrogen) atoms. The van der Waals surface area contributed by atoms with Gasteiger partial charge < -0.3 is 18.9 Å². The molecule has 0 aliphatic heterocycles. The SMILES string of the molecule is CCOC(=O)c1cccc(CC(=O)OCCC(C(=O)OCC)(C(=O)OCC)c2ccccc2)c1. The minimum absolute atomic E-state index is 0.0728. The Morgan fingerprint density at radius 3 is 1.94 bits per heavy atom. The zero-order valence-corrected chi connectivity index (χ0v) is 19.7. The standard InChI is InChI=1S/C26H30O8/c1-4-31-23(28)20-12-10-11-19(17-20)18-22(27)34-16-15-26(24(29)32-5-2,25(30)33-6-3)21-13-8-7-9-14-21/h7-14,17H,4-6,15-16,18H2,1-3H3. The van der Waals surface area contributed by atoms with E-state index in [1.165, 1.54) is 0 Å². The number of carbonyl (C=O) groups is 4. The fraction of sp³-hybridized carbons (Fsp3) is 0.385. The van der Waals surface area contributed by atoms with E-state index in [4.69, 9.17) is 18.9 Å². The lowest BCUT2D eigenvalue weighted by Gasteiger charge is -2.29. The van der Waals surface area contributed by atoms with Crippen molar-refractivity contribution in [2.24, 2.45) is 0 Å². The number of esters is 4. The van der Waals surface area contributed by atoms with Gasteiger partial charge in [0.25, 0.3) is 0 Å². The minimum Gasteiger partial charge on any atom is -0.465 e. The van der Waals surface area contributed by atoms with Gasteiger partial charge in [-0.2, -0.15) is 0 Å². The van der Waals surface area contributed by atoms with E-state index in [0.717, 1.165) is 0 Å². The fourth-order valence-corrected chi connectivity index (χ4v) is 3.46. The fourth-order valence-electron chi connectivity index (χ4n) is 3.46. The minimum atomic E-state index is -1.77. The van der Waals surface area contributed by atoms with Gasteiger partial charge in [0.1, 0.15) is 0 Å². The highest BCUT2D eigenvalue weighted by atomic mass is 16.6. The molecule has 8 nitrogen and oxygen atoms in total. The van der Waals surface area contributed by atoms with Crippen LogP contribution in [-0.2, 0) is 45.2 Å². The molecule has 0 atom stereocenters. The summed E-state index contributed by atoms with van der Waals surface area (Å²) < 4.78 is 20.8. The lowest BCUT2D eigenvalue weighted by atomic mass is 9.77. The van der Waals surface area contributed by atoms with Crippen LogP contribution >= 0.6 is 0 Å². The molecule has 2 aromatic carbocycles. The van der Waals surface area contributed by atoms with Crippen LogP contribution in [0.4, 0.5) is 0 Å². The van der Waals surface area contributed by atoms with Gasteiger partial charge in [0, 0.05) is 6.42 Å². The molecule has 0 radical (unpaired) electrons. The molecular weight excluding hydrogens is 440 g/mol. The summed E-state index contributed by atoms with van der Waals surface area (Å²) in [4.78, 5) is 50.4. The van der Waals surface area contributed by atoms with E-state index in [1.807, 2.05) is 0 Å². The van der Waals surface area contributed by atoms with Crippen LogP contribution in [0.5, 0.6) is 0 Å². The number of carbonyl (C=O) groups excluding carboxylic acids is 4. The highest BCUT2D eigenvalue weighted by molar-refractivity contribution is 6.06. The summed E-state index contributed by atoms with van der Waals surface area (Å²) in [6.45, 7) is 5.17. The molecule has 2 rings (SSSR count). The quantitative estimate of drug-likeness (QED) is 0.264.